The number of benzene rings is 2. The minimum Gasteiger partial charge on any atom is -0.364 e. The fourth-order valence-corrected chi connectivity index (χ4v) is 4.52. The van der Waals surface area contributed by atoms with E-state index in [0.717, 1.165) is 38.6 Å². The number of hydrogen-bond donors (Lipinski definition) is 0. The van der Waals surface area contributed by atoms with E-state index in [0.29, 0.717) is 6.04 Å². The number of fused-ring (bicyclic) bond motifs is 3. The molecule has 27 heavy (non-hydrogen) atoms. The van der Waals surface area contributed by atoms with Crippen LogP contribution in [-0.4, -0.2) is 48.6 Å². The maximum Gasteiger partial charge on any atom is 0.0544 e. The molecule has 0 amide bonds. The van der Waals surface area contributed by atoms with Crippen LogP contribution in [0.15, 0.2) is 54.6 Å². The smallest absolute Gasteiger partial charge is 0.0544 e. The van der Waals surface area contributed by atoms with Gasteiger partial charge in [0, 0.05) is 45.0 Å². The molecule has 3 nitrogen and oxygen atoms in total. The Morgan fingerprint density at radius 3 is 2.44 bits per heavy atom. The van der Waals surface area contributed by atoms with E-state index < -0.39 is 0 Å². The van der Waals surface area contributed by atoms with Crippen molar-refractivity contribution in [3.8, 4) is 0 Å². The summed E-state index contributed by atoms with van der Waals surface area (Å²) in [6.07, 6.45) is 1.28. The van der Waals surface area contributed by atoms with Gasteiger partial charge in [0.2, 0.25) is 0 Å². The highest BCUT2D eigenvalue weighted by atomic mass is 15.3. The highest BCUT2D eigenvalue weighted by Gasteiger charge is 2.32. The van der Waals surface area contributed by atoms with Crippen molar-refractivity contribution in [3.63, 3.8) is 0 Å². The number of rotatable bonds is 5. The summed E-state index contributed by atoms with van der Waals surface area (Å²) in [7, 11) is 0. The number of anilines is 1. The van der Waals surface area contributed by atoms with Crippen LogP contribution in [0.2, 0.25) is 0 Å². The quantitative estimate of drug-likeness (QED) is 0.787. The zero-order chi connectivity index (χ0) is 18.6. The molecule has 144 valence electrons. The summed E-state index contributed by atoms with van der Waals surface area (Å²) in [5, 5.41) is 0. The normalized spacial score (nSPS) is 21.0. The third kappa shape index (κ3) is 4.53. The maximum atomic E-state index is 2.69. The van der Waals surface area contributed by atoms with Gasteiger partial charge in [-0.3, -0.25) is 9.80 Å². The summed E-state index contributed by atoms with van der Waals surface area (Å²) in [5.74, 6) is 0.764. The van der Waals surface area contributed by atoms with Crippen molar-refractivity contribution in [2.45, 2.75) is 39.4 Å². The fourth-order valence-electron chi connectivity index (χ4n) is 4.52. The van der Waals surface area contributed by atoms with Gasteiger partial charge in [0.1, 0.15) is 0 Å². The zero-order valence-electron chi connectivity index (χ0n) is 16.8. The van der Waals surface area contributed by atoms with Crippen LogP contribution in [0.25, 0.3) is 0 Å². The van der Waals surface area contributed by atoms with Crippen LogP contribution >= 0.6 is 0 Å². The Morgan fingerprint density at radius 1 is 0.889 bits per heavy atom. The van der Waals surface area contributed by atoms with Gasteiger partial charge in [0.25, 0.3) is 0 Å². The molecule has 0 N–H and O–H groups in total. The zero-order valence-corrected chi connectivity index (χ0v) is 16.8. The highest BCUT2D eigenvalue weighted by molar-refractivity contribution is 5.56. The van der Waals surface area contributed by atoms with E-state index >= 15 is 0 Å². The Bertz CT molecular complexity index is 727. The van der Waals surface area contributed by atoms with Gasteiger partial charge in [-0.25, -0.2) is 0 Å². The number of piperazine rings is 1. The van der Waals surface area contributed by atoms with Gasteiger partial charge in [-0.1, -0.05) is 62.4 Å². The van der Waals surface area contributed by atoms with Gasteiger partial charge in [0.05, 0.1) is 6.04 Å². The maximum absolute atomic E-state index is 2.69. The second-order valence-corrected chi connectivity index (χ2v) is 8.61. The van der Waals surface area contributed by atoms with E-state index in [2.05, 4.69) is 83.1 Å². The molecule has 1 saturated heterocycles. The van der Waals surface area contributed by atoms with E-state index in [9.17, 15) is 0 Å². The summed E-state index contributed by atoms with van der Waals surface area (Å²) in [6, 6.07) is 20.6. The lowest BCUT2D eigenvalue weighted by Crippen LogP contribution is -2.56. The van der Waals surface area contributed by atoms with Crippen molar-refractivity contribution in [2.75, 3.05) is 37.6 Å². The molecule has 2 aliphatic heterocycles. The topological polar surface area (TPSA) is 9.72 Å². The van der Waals surface area contributed by atoms with Crippen molar-refractivity contribution in [1.82, 2.24) is 9.80 Å². The molecule has 0 spiro atoms. The standard InChI is InChI=1S/C24H33N3/c1-20(2)12-13-25-17-22-10-6-7-11-24(22)27-15-14-26(19-23(27)18-25)16-21-8-4-3-5-9-21/h3-11,20,23H,12-19H2,1-2H3. The van der Waals surface area contributed by atoms with Gasteiger partial charge in [-0.15, -0.1) is 0 Å². The van der Waals surface area contributed by atoms with Crippen molar-refractivity contribution in [3.05, 3.63) is 65.7 Å². The minimum absolute atomic E-state index is 0.582. The molecule has 0 radical (unpaired) electrons. The van der Waals surface area contributed by atoms with Crippen LogP contribution in [0, 0.1) is 5.92 Å². The Balaban J connectivity index is 1.51. The molecular weight excluding hydrogens is 330 g/mol. The third-order valence-electron chi connectivity index (χ3n) is 6.00. The van der Waals surface area contributed by atoms with Crippen LogP contribution < -0.4 is 4.90 Å². The van der Waals surface area contributed by atoms with Crippen molar-refractivity contribution < 1.29 is 0 Å². The van der Waals surface area contributed by atoms with E-state index in [4.69, 9.17) is 0 Å². The lowest BCUT2D eigenvalue weighted by atomic mass is 10.1. The van der Waals surface area contributed by atoms with Gasteiger partial charge >= 0.3 is 0 Å². The molecule has 2 aliphatic rings. The lowest BCUT2D eigenvalue weighted by Gasteiger charge is -2.43. The first-order chi connectivity index (χ1) is 13.2. The highest BCUT2D eigenvalue weighted by Crippen LogP contribution is 2.30. The Kier molecular flexibility index (Phi) is 5.80. The Hall–Kier alpha value is -1.84. The first-order valence-electron chi connectivity index (χ1n) is 10.5. The van der Waals surface area contributed by atoms with E-state index in [1.807, 2.05) is 0 Å². The van der Waals surface area contributed by atoms with Crippen LogP contribution in [0.3, 0.4) is 0 Å². The Labute approximate surface area is 164 Å². The molecule has 2 aromatic rings. The molecular formula is C24H33N3. The monoisotopic (exact) mass is 363 g/mol. The van der Waals surface area contributed by atoms with Crippen LogP contribution in [0.5, 0.6) is 0 Å². The number of nitrogens with zero attached hydrogens (tertiary/aromatic N) is 3. The first-order valence-corrected chi connectivity index (χ1v) is 10.5. The van der Waals surface area contributed by atoms with Crippen LogP contribution in [0.1, 0.15) is 31.4 Å². The number of para-hydroxylation sites is 1. The van der Waals surface area contributed by atoms with Crippen LogP contribution in [-0.2, 0) is 13.1 Å². The predicted octanol–water partition coefficient (Wildman–Crippen LogP) is 4.24. The van der Waals surface area contributed by atoms with Crippen molar-refractivity contribution >= 4 is 5.69 Å². The Morgan fingerprint density at radius 2 is 1.63 bits per heavy atom. The summed E-state index contributed by atoms with van der Waals surface area (Å²) < 4.78 is 0. The summed E-state index contributed by atoms with van der Waals surface area (Å²) in [5.41, 5.74) is 4.39. The third-order valence-corrected chi connectivity index (χ3v) is 6.00. The molecule has 2 heterocycles. The molecule has 0 saturated carbocycles. The van der Waals surface area contributed by atoms with Crippen molar-refractivity contribution in [2.24, 2.45) is 5.92 Å². The second kappa shape index (κ2) is 8.45. The fraction of sp³-hybridized carbons (Fsp3) is 0.500. The van der Waals surface area contributed by atoms with Gasteiger partial charge < -0.3 is 4.90 Å². The summed E-state index contributed by atoms with van der Waals surface area (Å²) >= 11 is 0. The molecule has 1 unspecified atom stereocenters. The SMILES string of the molecule is CC(C)CCN1Cc2ccccc2N2CCN(Cc3ccccc3)CC2C1. The van der Waals surface area contributed by atoms with Crippen molar-refractivity contribution in [1.29, 1.82) is 0 Å². The molecule has 0 aliphatic carbocycles. The van der Waals surface area contributed by atoms with E-state index in [1.165, 1.54) is 36.3 Å². The summed E-state index contributed by atoms with van der Waals surface area (Å²) in [6.45, 7) is 12.6. The molecule has 0 aromatic heterocycles. The second-order valence-electron chi connectivity index (χ2n) is 8.61. The van der Waals surface area contributed by atoms with Gasteiger partial charge in [-0.05, 0) is 36.1 Å². The number of hydrogen-bond acceptors (Lipinski definition) is 3. The molecule has 0 bridgehead atoms. The predicted molar refractivity (Wildman–Crippen MR) is 114 cm³/mol. The van der Waals surface area contributed by atoms with Crippen LogP contribution in [0.4, 0.5) is 5.69 Å². The minimum atomic E-state index is 0.582. The average Bonchev–Trinajstić information content (AvgIpc) is 2.83. The molecule has 3 heteroatoms. The van der Waals surface area contributed by atoms with E-state index in [-0.39, 0.29) is 0 Å². The largest absolute Gasteiger partial charge is 0.364 e. The summed E-state index contributed by atoms with van der Waals surface area (Å²) in [4.78, 5) is 8.02. The molecule has 4 rings (SSSR count). The molecule has 1 fully saturated rings. The van der Waals surface area contributed by atoms with Gasteiger partial charge in [-0.2, -0.15) is 0 Å². The van der Waals surface area contributed by atoms with Gasteiger partial charge in [0.15, 0.2) is 0 Å². The lowest BCUT2D eigenvalue weighted by molar-refractivity contribution is 0.172. The first kappa shape index (κ1) is 18.5. The average molecular weight is 364 g/mol. The van der Waals surface area contributed by atoms with E-state index in [1.54, 1.807) is 0 Å². The molecule has 1 atom stereocenters. The molecule has 2 aromatic carbocycles.